The molecule has 0 aromatic heterocycles. The van der Waals surface area contributed by atoms with Crippen molar-refractivity contribution in [3.8, 4) is 0 Å². The molecule has 4 nitrogen and oxygen atoms in total. The standard InChI is InChI=1S/C10H18N2O2/c13-10(14)7-11-8-3-5-12(6-4-8)9-1-2-9/h8-9,11H,1-7H2,(H,13,14). The lowest BCUT2D eigenvalue weighted by Gasteiger charge is -2.32. The van der Waals surface area contributed by atoms with Crippen molar-refractivity contribution in [3.05, 3.63) is 0 Å². The Morgan fingerprint density at radius 3 is 2.43 bits per heavy atom. The second-order valence-electron chi connectivity index (χ2n) is 4.32. The van der Waals surface area contributed by atoms with Gasteiger partial charge in [0.05, 0.1) is 6.54 Å². The van der Waals surface area contributed by atoms with Gasteiger partial charge in [0.1, 0.15) is 0 Å². The minimum atomic E-state index is -0.755. The number of carboxylic acids is 1. The lowest BCUT2D eigenvalue weighted by Crippen LogP contribution is -2.44. The van der Waals surface area contributed by atoms with E-state index in [0.29, 0.717) is 6.04 Å². The van der Waals surface area contributed by atoms with E-state index >= 15 is 0 Å². The van der Waals surface area contributed by atoms with Crippen molar-refractivity contribution >= 4 is 5.97 Å². The molecule has 0 aromatic rings. The van der Waals surface area contributed by atoms with Gasteiger partial charge in [-0.2, -0.15) is 0 Å². The van der Waals surface area contributed by atoms with Gasteiger partial charge in [0.25, 0.3) is 0 Å². The van der Waals surface area contributed by atoms with Crippen LogP contribution in [-0.4, -0.2) is 47.7 Å². The third kappa shape index (κ3) is 2.69. The van der Waals surface area contributed by atoms with E-state index in [2.05, 4.69) is 10.2 Å². The zero-order chi connectivity index (χ0) is 9.97. The highest BCUT2D eigenvalue weighted by molar-refractivity contribution is 5.69. The maximum atomic E-state index is 10.4. The number of piperidine rings is 1. The van der Waals surface area contributed by atoms with Gasteiger partial charge in [-0.25, -0.2) is 0 Å². The molecular weight excluding hydrogens is 180 g/mol. The van der Waals surface area contributed by atoms with Gasteiger partial charge >= 0.3 is 5.97 Å². The number of nitrogens with one attached hydrogen (secondary N) is 1. The number of hydrogen-bond donors (Lipinski definition) is 2. The Morgan fingerprint density at radius 1 is 1.29 bits per heavy atom. The molecule has 0 radical (unpaired) electrons. The number of hydrogen-bond acceptors (Lipinski definition) is 3. The third-order valence-corrected chi connectivity index (χ3v) is 3.13. The third-order valence-electron chi connectivity index (χ3n) is 3.13. The molecule has 14 heavy (non-hydrogen) atoms. The van der Waals surface area contributed by atoms with E-state index in [0.717, 1.165) is 32.0 Å². The number of likely N-dealkylation sites (tertiary alicyclic amines) is 1. The quantitative estimate of drug-likeness (QED) is 0.681. The van der Waals surface area contributed by atoms with Gasteiger partial charge in [-0.05, 0) is 38.8 Å². The molecule has 0 atom stereocenters. The van der Waals surface area contributed by atoms with Gasteiger partial charge < -0.3 is 15.3 Å². The molecule has 1 saturated heterocycles. The van der Waals surface area contributed by atoms with E-state index in [1.54, 1.807) is 0 Å². The number of carbonyl (C=O) groups is 1. The van der Waals surface area contributed by atoms with Gasteiger partial charge in [-0.1, -0.05) is 0 Å². The van der Waals surface area contributed by atoms with Crippen LogP contribution < -0.4 is 5.32 Å². The smallest absolute Gasteiger partial charge is 0.317 e. The van der Waals surface area contributed by atoms with Gasteiger partial charge in [0.2, 0.25) is 0 Å². The normalized spacial score (nSPS) is 25.1. The second kappa shape index (κ2) is 4.28. The van der Waals surface area contributed by atoms with Crippen LogP contribution in [0.5, 0.6) is 0 Å². The van der Waals surface area contributed by atoms with E-state index < -0.39 is 5.97 Å². The summed E-state index contributed by atoms with van der Waals surface area (Å²) in [7, 11) is 0. The van der Waals surface area contributed by atoms with Crippen molar-refractivity contribution in [2.45, 2.75) is 37.8 Å². The first-order chi connectivity index (χ1) is 6.75. The molecule has 1 heterocycles. The van der Waals surface area contributed by atoms with E-state index in [1.807, 2.05) is 0 Å². The fourth-order valence-corrected chi connectivity index (χ4v) is 2.14. The summed E-state index contributed by atoms with van der Waals surface area (Å²) in [5.74, 6) is -0.755. The minimum absolute atomic E-state index is 0.105. The molecule has 2 rings (SSSR count). The van der Waals surface area contributed by atoms with E-state index in [1.165, 1.54) is 12.8 Å². The summed E-state index contributed by atoms with van der Waals surface area (Å²) in [5, 5.41) is 11.6. The molecule has 1 aliphatic carbocycles. The molecule has 0 amide bonds. The van der Waals surface area contributed by atoms with Crippen molar-refractivity contribution in [2.75, 3.05) is 19.6 Å². The highest BCUT2D eigenvalue weighted by Gasteiger charge is 2.31. The van der Waals surface area contributed by atoms with Gasteiger partial charge in [0, 0.05) is 12.1 Å². The zero-order valence-electron chi connectivity index (χ0n) is 8.41. The highest BCUT2D eigenvalue weighted by Crippen LogP contribution is 2.29. The van der Waals surface area contributed by atoms with E-state index in [9.17, 15) is 4.79 Å². The Hall–Kier alpha value is -0.610. The molecule has 0 spiro atoms. The Kier molecular flexibility index (Phi) is 3.03. The van der Waals surface area contributed by atoms with Gasteiger partial charge in [-0.15, -0.1) is 0 Å². The largest absolute Gasteiger partial charge is 0.480 e. The molecule has 0 bridgehead atoms. The summed E-state index contributed by atoms with van der Waals surface area (Å²) < 4.78 is 0. The minimum Gasteiger partial charge on any atom is -0.480 e. The zero-order valence-corrected chi connectivity index (χ0v) is 8.41. The summed E-state index contributed by atoms with van der Waals surface area (Å²) in [6.45, 7) is 2.39. The first-order valence-corrected chi connectivity index (χ1v) is 5.45. The monoisotopic (exact) mass is 198 g/mol. The van der Waals surface area contributed by atoms with Crippen LogP contribution in [0.15, 0.2) is 0 Å². The molecule has 0 unspecified atom stereocenters. The summed E-state index contributed by atoms with van der Waals surface area (Å²) in [6, 6.07) is 1.27. The molecule has 1 saturated carbocycles. The number of rotatable bonds is 4. The molecule has 80 valence electrons. The van der Waals surface area contributed by atoms with Crippen LogP contribution in [0.1, 0.15) is 25.7 Å². The average Bonchev–Trinajstić information content (AvgIpc) is 2.99. The van der Waals surface area contributed by atoms with Crippen molar-refractivity contribution in [2.24, 2.45) is 0 Å². The fourth-order valence-electron chi connectivity index (χ4n) is 2.14. The summed E-state index contributed by atoms with van der Waals surface area (Å²) in [5.41, 5.74) is 0. The van der Waals surface area contributed by atoms with Crippen molar-refractivity contribution in [3.63, 3.8) is 0 Å². The van der Waals surface area contributed by atoms with Crippen molar-refractivity contribution in [1.29, 1.82) is 0 Å². The predicted molar refractivity (Wildman–Crippen MR) is 53.3 cm³/mol. The SMILES string of the molecule is O=C(O)CNC1CCN(C2CC2)CC1. The van der Waals surface area contributed by atoms with E-state index in [4.69, 9.17) is 5.11 Å². The number of nitrogens with zero attached hydrogens (tertiary/aromatic N) is 1. The van der Waals surface area contributed by atoms with Crippen LogP contribution in [0.25, 0.3) is 0 Å². The highest BCUT2D eigenvalue weighted by atomic mass is 16.4. The van der Waals surface area contributed by atoms with Gasteiger partial charge in [-0.3, -0.25) is 4.79 Å². The van der Waals surface area contributed by atoms with Crippen molar-refractivity contribution in [1.82, 2.24) is 10.2 Å². The first kappa shape index (κ1) is 9.93. The van der Waals surface area contributed by atoms with Gasteiger partial charge in [0.15, 0.2) is 0 Å². The van der Waals surface area contributed by atoms with Crippen LogP contribution in [0.3, 0.4) is 0 Å². The average molecular weight is 198 g/mol. The topological polar surface area (TPSA) is 52.6 Å². The number of carboxylic acid groups (broad SMARTS) is 1. The Labute approximate surface area is 84.3 Å². The van der Waals surface area contributed by atoms with Crippen LogP contribution in [-0.2, 0) is 4.79 Å². The molecule has 0 aromatic carbocycles. The van der Waals surface area contributed by atoms with Crippen LogP contribution >= 0.6 is 0 Å². The lowest BCUT2D eigenvalue weighted by molar-refractivity contribution is -0.136. The number of aliphatic carboxylic acids is 1. The summed E-state index contributed by atoms with van der Waals surface area (Å²) >= 11 is 0. The van der Waals surface area contributed by atoms with Crippen LogP contribution in [0, 0.1) is 0 Å². The Balaban J connectivity index is 1.64. The molecule has 1 aliphatic heterocycles. The molecular formula is C10H18N2O2. The summed E-state index contributed by atoms with van der Waals surface area (Å²) in [6.07, 6.45) is 4.94. The second-order valence-corrected chi connectivity index (χ2v) is 4.32. The Bertz CT molecular complexity index is 208. The fraction of sp³-hybridized carbons (Fsp3) is 0.900. The van der Waals surface area contributed by atoms with Crippen LogP contribution in [0.2, 0.25) is 0 Å². The molecule has 2 aliphatic rings. The Morgan fingerprint density at radius 2 is 1.93 bits per heavy atom. The summed E-state index contributed by atoms with van der Waals surface area (Å²) in [4.78, 5) is 12.9. The van der Waals surface area contributed by atoms with E-state index in [-0.39, 0.29) is 6.54 Å². The maximum absolute atomic E-state index is 10.4. The van der Waals surface area contributed by atoms with Crippen LogP contribution in [0.4, 0.5) is 0 Å². The predicted octanol–water partition coefficient (Wildman–Crippen LogP) is 0.287. The van der Waals surface area contributed by atoms with Crippen molar-refractivity contribution < 1.29 is 9.90 Å². The first-order valence-electron chi connectivity index (χ1n) is 5.45. The lowest BCUT2D eigenvalue weighted by atomic mass is 10.1. The molecule has 4 heteroatoms. The maximum Gasteiger partial charge on any atom is 0.317 e. The molecule has 2 fully saturated rings. The molecule has 2 N–H and O–H groups in total.